The average Bonchev–Trinajstić information content (AvgIpc) is 3.26. The van der Waals surface area contributed by atoms with Gasteiger partial charge in [0.1, 0.15) is 17.9 Å². The van der Waals surface area contributed by atoms with Crippen LogP contribution in [0.5, 0.6) is 5.75 Å². The van der Waals surface area contributed by atoms with Crippen LogP contribution in [0.4, 0.5) is 0 Å². The van der Waals surface area contributed by atoms with Crippen molar-refractivity contribution in [2.75, 3.05) is 20.2 Å². The number of hydrogen-bond donors (Lipinski definition) is 2. The Bertz CT molecular complexity index is 845. The highest BCUT2D eigenvalue weighted by molar-refractivity contribution is 5.88. The summed E-state index contributed by atoms with van der Waals surface area (Å²) in [5.41, 5.74) is 0.592. The number of ether oxygens (including phenoxy) is 1. The Morgan fingerprint density at radius 1 is 1.10 bits per heavy atom. The van der Waals surface area contributed by atoms with E-state index in [0.717, 1.165) is 37.0 Å². The molecule has 3 rings (SSSR count). The fourth-order valence-corrected chi connectivity index (χ4v) is 4.10. The number of carbonyl (C=O) groups excluding carboxylic acids is 1. The van der Waals surface area contributed by atoms with Gasteiger partial charge in [-0.25, -0.2) is 4.79 Å². The van der Waals surface area contributed by atoms with Gasteiger partial charge >= 0.3 is 5.97 Å². The molecule has 0 saturated heterocycles. The number of rotatable bonds is 9. The predicted octanol–water partition coefficient (Wildman–Crippen LogP) is 3.89. The summed E-state index contributed by atoms with van der Waals surface area (Å²) in [6, 6.07) is 16.1. The van der Waals surface area contributed by atoms with Crippen LogP contribution in [0, 0.1) is 0 Å². The lowest BCUT2D eigenvalue weighted by atomic mass is 9.93. The second kappa shape index (κ2) is 9.76. The summed E-state index contributed by atoms with van der Waals surface area (Å²) in [5.74, 6) is -0.103. The smallest absolute Gasteiger partial charge is 0.335 e. The zero-order valence-electron chi connectivity index (χ0n) is 17.6. The SMILES string of the molecule is C[C@H](NC(=O)C1(N(C)CCOc2ccccc2)CCCC1)c1ccc(C(=O)O)cc1. The van der Waals surface area contributed by atoms with Crippen LogP contribution in [-0.4, -0.2) is 47.6 Å². The van der Waals surface area contributed by atoms with E-state index in [1.807, 2.05) is 44.3 Å². The van der Waals surface area contributed by atoms with Gasteiger partial charge < -0.3 is 15.2 Å². The number of aromatic carboxylic acids is 1. The van der Waals surface area contributed by atoms with Crippen LogP contribution in [0.2, 0.25) is 0 Å². The van der Waals surface area contributed by atoms with Crippen molar-refractivity contribution in [1.82, 2.24) is 10.2 Å². The first-order valence-corrected chi connectivity index (χ1v) is 10.5. The minimum Gasteiger partial charge on any atom is -0.492 e. The Morgan fingerprint density at radius 2 is 1.73 bits per heavy atom. The summed E-state index contributed by atoms with van der Waals surface area (Å²) in [5, 5.41) is 12.2. The van der Waals surface area contributed by atoms with E-state index in [0.29, 0.717) is 13.2 Å². The van der Waals surface area contributed by atoms with E-state index < -0.39 is 11.5 Å². The third-order valence-corrected chi connectivity index (χ3v) is 6.03. The molecule has 0 heterocycles. The molecule has 0 aliphatic heterocycles. The quantitative estimate of drug-likeness (QED) is 0.656. The molecule has 1 aliphatic carbocycles. The highest BCUT2D eigenvalue weighted by atomic mass is 16.5. The largest absolute Gasteiger partial charge is 0.492 e. The molecule has 2 aromatic carbocycles. The number of nitrogens with zero attached hydrogens (tertiary/aromatic N) is 1. The number of hydrogen-bond acceptors (Lipinski definition) is 4. The van der Waals surface area contributed by atoms with Crippen LogP contribution in [0.1, 0.15) is 54.6 Å². The maximum Gasteiger partial charge on any atom is 0.335 e. The zero-order chi connectivity index (χ0) is 21.6. The van der Waals surface area contributed by atoms with Crippen molar-refractivity contribution in [2.24, 2.45) is 0 Å². The lowest BCUT2D eigenvalue weighted by Gasteiger charge is -2.38. The molecule has 160 valence electrons. The monoisotopic (exact) mass is 410 g/mol. The van der Waals surface area contributed by atoms with Gasteiger partial charge in [0.15, 0.2) is 0 Å². The molecule has 6 heteroatoms. The van der Waals surface area contributed by atoms with E-state index in [1.54, 1.807) is 24.3 Å². The fraction of sp³-hybridized carbons (Fsp3) is 0.417. The van der Waals surface area contributed by atoms with Gasteiger partial charge in [0.2, 0.25) is 5.91 Å². The zero-order valence-corrected chi connectivity index (χ0v) is 17.6. The first-order valence-electron chi connectivity index (χ1n) is 10.5. The molecule has 1 aliphatic rings. The Morgan fingerprint density at radius 3 is 2.33 bits per heavy atom. The maximum atomic E-state index is 13.3. The molecule has 0 unspecified atom stereocenters. The van der Waals surface area contributed by atoms with Crippen molar-refractivity contribution >= 4 is 11.9 Å². The van der Waals surface area contributed by atoms with Gasteiger partial charge in [0.05, 0.1) is 11.6 Å². The molecular weight excluding hydrogens is 380 g/mol. The van der Waals surface area contributed by atoms with Crippen LogP contribution >= 0.6 is 0 Å². The molecule has 6 nitrogen and oxygen atoms in total. The first kappa shape index (κ1) is 21.8. The van der Waals surface area contributed by atoms with Crippen molar-refractivity contribution in [1.29, 1.82) is 0 Å². The van der Waals surface area contributed by atoms with Gasteiger partial charge in [0, 0.05) is 6.54 Å². The number of carbonyl (C=O) groups is 2. The molecule has 2 aromatic rings. The number of benzene rings is 2. The minimum absolute atomic E-state index is 0.0250. The van der Waals surface area contributed by atoms with Crippen molar-refractivity contribution in [2.45, 2.75) is 44.2 Å². The van der Waals surface area contributed by atoms with Crippen molar-refractivity contribution in [3.8, 4) is 5.75 Å². The molecule has 0 radical (unpaired) electrons. The van der Waals surface area contributed by atoms with Crippen LogP contribution in [0.3, 0.4) is 0 Å². The highest BCUT2D eigenvalue weighted by Crippen LogP contribution is 2.35. The second-order valence-electron chi connectivity index (χ2n) is 7.94. The summed E-state index contributed by atoms with van der Waals surface area (Å²) in [4.78, 5) is 26.5. The molecule has 1 fully saturated rings. The molecule has 0 aromatic heterocycles. The van der Waals surface area contributed by atoms with Gasteiger partial charge in [-0.2, -0.15) is 0 Å². The Kier molecular flexibility index (Phi) is 7.11. The molecule has 1 saturated carbocycles. The summed E-state index contributed by atoms with van der Waals surface area (Å²) in [7, 11) is 1.99. The third-order valence-electron chi connectivity index (χ3n) is 6.03. The standard InChI is InChI=1S/C24H30N2O4/c1-18(19-10-12-20(13-11-19)22(27)28)25-23(29)24(14-6-7-15-24)26(2)16-17-30-21-8-4-3-5-9-21/h3-5,8-13,18H,6-7,14-17H2,1-2H3,(H,25,29)(H,27,28)/t18-/m0/s1. The molecule has 30 heavy (non-hydrogen) atoms. The summed E-state index contributed by atoms with van der Waals surface area (Å²) < 4.78 is 5.82. The van der Waals surface area contributed by atoms with Crippen LogP contribution in [-0.2, 0) is 4.79 Å². The normalized spacial score (nSPS) is 16.2. The first-order chi connectivity index (χ1) is 14.4. The number of carboxylic acids is 1. The van der Waals surface area contributed by atoms with E-state index in [1.165, 1.54) is 0 Å². The number of nitrogens with one attached hydrogen (secondary N) is 1. The Hall–Kier alpha value is -2.86. The van der Waals surface area contributed by atoms with Gasteiger partial charge in [-0.3, -0.25) is 9.69 Å². The lowest BCUT2D eigenvalue weighted by molar-refractivity contribution is -0.133. The molecular formula is C24H30N2O4. The fourth-order valence-electron chi connectivity index (χ4n) is 4.10. The lowest BCUT2D eigenvalue weighted by Crippen LogP contribution is -2.57. The Labute approximate surface area is 177 Å². The summed E-state index contributed by atoms with van der Waals surface area (Å²) in [6.07, 6.45) is 3.70. The number of para-hydroxylation sites is 1. The number of carboxylic acid groups (broad SMARTS) is 1. The molecule has 0 spiro atoms. The molecule has 1 atom stereocenters. The molecule has 2 N–H and O–H groups in total. The van der Waals surface area contributed by atoms with E-state index in [-0.39, 0.29) is 17.5 Å². The van der Waals surface area contributed by atoms with Crippen LogP contribution in [0.25, 0.3) is 0 Å². The minimum atomic E-state index is -0.956. The topological polar surface area (TPSA) is 78.9 Å². The molecule has 1 amide bonds. The van der Waals surface area contributed by atoms with Crippen molar-refractivity contribution in [3.63, 3.8) is 0 Å². The second-order valence-corrected chi connectivity index (χ2v) is 7.94. The van der Waals surface area contributed by atoms with E-state index in [2.05, 4.69) is 10.2 Å². The maximum absolute atomic E-state index is 13.3. The molecule has 0 bridgehead atoms. The van der Waals surface area contributed by atoms with E-state index in [9.17, 15) is 9.59 Å². The number of likely N-dealkylation sites (N-methyl/N-ethyl adjacent to an activating group) is 1. The van der Waals surface area contributed by atoms with E-state index >= 15 is 0 Å². The van der Waals surface area contributed by atoms with E-state index in [4.69, 9.17) is 9.84 Å². The Balaban J connectivity index is 1.62. The van der Waals surface area contributed by atoms with Crippen molar-refractivity contribution < 1.29 is 19.4 Å². The summed E-state index contributed by atoms with van der Waals surface area (Å²) >= 11 is 0. The van der Waals surface area contributed by atoms with Crippen LogP contribution in [0.15, 0.2) is 54.6 Å². The predicted molar refractivity (Wildman–Crippen MR) is 116 cm³/mol. The van der Waals surface area contributed by atoms with Crippen molar-refractivity contribution in [3.05, 3.63) is 65.7 Å². The van der Waals surface area contributed by atoms with Crippen LogP contribution < -0.4 is 10.1 Å². The van der Waals surface area contributed by atoms with Gasteiger partial charge in [-0.05, 0) is 56.6 Å². The third kappa shape index (κ3) is 5.00. The van der Waals surface area contributed by atoms with Gasteiger partial charge in [-0.1, -0.05) is 43.2 Å². The van der Waals surface area contributed by atoms with Gasteiger partial charge in [-0.15, -0.1) is 0 Å². The number of amides is 1. The van der Waals surface area contributed by atoms with Gasteiger partial charge in [0.25, 0.3) is 0 Å². The highest BCUT2D eigenvalue weighted by Gasteiger charge is 2.44. The summed E-state index contributed by atoms with van der Waals surface area (Å²) in [6.45, 7) is 3.10. The average molecular weight is 411 g/mol.